The van der Waals surface area contributed by atoms with Gasteiger partial charge in [0.2, 0.25) is 5.91 Å². The number of halogens is 3. The summed E-state index contributed by atoms with van der Waals surface area (Å²) in [7, 11) is 0. The molecule has 0 aliphatic carbocycles. The second kappa shape index (κ2) is 8.34. The lowest BCUT2D eigenvalue weighted by molar-refractivity contribution is -0.162. The molecule has 7 heteroatoms. The molecule has 150 valence electrons. The second-order valence-electron chi connectivity index (χ2n) is 6.56. The molecule has 0 bridgehead atoms. The van der Waals surface area contributed by atoms with Gasteiger partial charge in [-0.2, -0.15) is 18.3 Å². The first-order chi connectivity index (χ1) is 13.8. The molecule has 0 spiro atoms. The summed E-state index contributed by atoms with van der Waals surface area (Å²) in [5.74, 6) is -0.831. The van der Waals surface area contributed by atoms with E-state index in [2.05, 4.69) is 5.10 Å². The van der Waals surface area contributed by atoms with Crippen LogP contribution in [0.3, 0.4) is 0 Å². The van der Waals surface area contributed by atoms with E-state index in [0.29, 0.717) is 11.3 Å². The first-order valence-electron chi connectivity index (χ1n) is 8.99. The van der Waals surface area contributed by atoms with E-state index >= 15 is 0 Å². The van der Waals surface area contributed by atoms with Gasteiger partial charge in [0.1, 0.15) is 0 Å². The molecule has 0 fully saturated rings. The average molecular weight is 399 g/mol. The van der Waals surface area contributed by atoms with Crippen LogP contribution in [0.5, 0.6) is 0 Å². The minimum atomic E-state index is -4.60. The van der Waals surface area contributed by atoms with Crippen LogP contribution in [0.15, 0.2) is 66.7 Å². The Morgan fingerprint density at radius 3 is 2.21 bits per heavy atom. The van der Waals surface area contributed by atoms with Crippen LogP contribution < -0.4 is 5.32 Å². The molecule has 1 amide bonds. The third-order valence-corrected chi connectivity index (χ3v) is 4.50. The van der Waals surface area contributed by atoms with Crippen molar-refractivity contribution >= 4 is 12.0 Å². The number of aryl methyl sites for hydroxylation is 1. The fourth-order valence-electron chi connectivity index (χ4n) is 3.07. The van der Waals surface area contributed by atoms with Crippen LogP contribution in [0.25, 0.3) is 11.8 Å². The summed E-state index contributed by atoms with van der Waals surface area (Å²) in [6.07, 6.45) is -2.01. The topological polar surface area (TPSA) is 46.9 Å². The molecule has 0 saturated heterocycles. The molecule has 3 rings (SSSR count). The molecule has 1 heterocycles. The van der Waals surface area contributed by atoms with Crippen molar-refractivity contribution in [1.29, 1.82) is 0 Å². The fourth-order valence-corrected chi connectivity index (χ4v) is 3.07. The number of rotatable bonds is 5. The van der Waals surface area contributed by atoms with Crippen LogP contribution in [0.2, 0.25) is 0 Å². The molecule has 0 saturated carbocycles. The second-order valence-corrected chi connectivity index (χ2v) is 6.56. The largest absolute Gasteiger partial charge is 0.412 e. The molecule has 2 aromatic carbocycles. The maximum Gasteiger partial charge on any atom is 0.412 e. The highest BCUT2D eigenvalue weighted by molar-refractivity contribution is 5.92. The highest BCUT2D eigenvalue weighted by atomic mass is 19.4. The molecule has 1 unspecified atom stereocenters. The zero-order chi connectivity index (χ0) is 21.0. The number of nitrogens with zero attached hydrogens (tertiary/aromatic N) is 2. The maximum absolute atomic E-state index is 13.4. The molecule has 3 aromatic rings. The summed E-state index contributed by atoms with van der Waals surface area (Å²) in [4.78, 5) is 12.2. The average Bonchev–Trinajstić information content (AvgIpc) is 2.98. The molecule has 0 aliphatic heterocycles. The molecule has 0 radical (unpaired) electrons. The first-order valence-corrected chi connectivity index (χ1v) is 8.99. The number of para-hydroxylation sites is 1. The summed E-state index contributed by atoms with van der Waals surface area (Å²) in [6, 6.07) is 14.7. The van der Waals surface area contributed by atoms with Gasteiger partial charge < -0.3 is 5.32 Å². The minimum absolute atomic E-state index is 0.0222. The number of hydrogen-bond acceptors (Lipinski definition) is 2. The van der Waals surface area contributed by atoms with Gasteiger partial charge in [0.15, 0.2) is 6.04 Å². The molecular weight excluding hydrogens is 379 g/mol. The van der Waals surface area contributed by atoms with Gasteiger partial charge in [0, 0.05) is 17.3 Å². The maximum atomic E-state index is 13.4. The number of hydrogen-bond donors (Lipinski definition) is 1. The van der Waals surface area contributed by atoms with Crippen molar-refractivity contribution in [2.45, 2.75) is 26.1 Å². The summed E-state index contributed by atoms with van der Waals surface area (Å²) >= 11 is 0. The van der Waals surface area contributed by atoms with Gasteiger partial charge in [0.25, 0.3) is 0 Å². The van der Waals surface area contributed by atoms with Crippen LogP contribution in [0.4, 0.5) is 13.2 Å². The van der Waals surface area contributed by atoms with Crippen LogP contribution in [0, 0.1) is 13.8 Å². The summed E-state index contributed by atoms with van der Waals surface area (Å²) in [5.41, 5.74) is 2.98. The summed E-state index contributed by atoms with van der Waals surface area (Å²) < 4.78 is 41.9. The monoisotopic (exact) mass is 399 g/mol. The lowest BCUT2D eigenvalue weighted by Crippen LogP contribution is -2.37. The molecule has 1 atom stereocenters. The van der Waals surface area contributed by atoms with Crippen LogP contribution >= 0.6 is 0 Å². The van der Waals surface area contributed by atoms with Crippen molar-refractivity contribution < 1.29 is 18.0 Å². The zero-order valence-electron chi connectivity index (χ0n) is 15.9. The van der Waals surface area contributed by atoms with E-state index in [9.17, 15) is 18.0 Å². The van der Waals surface area contributed by atoms with Gasteiger partial charge in [0.05, 0.1) is 11.4 Å². The third kappa shape index (κ3) is 4.74. The quantitative estimate of drug-likeness (QED) is 0.619. The number of aromatic nitrogens is 2. The van der Waals surface area contributed by atoms with Crippen molar-refractivity contribution in [3.63, 3.8) is 0 Å². The lowest BCUT2D eigenvalue weighted by Gasteiger charge is -2.21. The van der Waals surface area contributed by atoms with Crippen LogP contribution in [-0.4, -0.2) is 21.9 Å². The Morgan fingerprint density at radius 1 is 1.03 bits per heavy atom. The highest BCUT2D eigenvalue weighted by Gasteiger charge is 2.41. The van der Waals surface area contributed by atoms with E-state index in [4.69, 9.17) is 0 Å². The van der Waals surface area contributed by atoms with Gasteiger partial charge in [-0.05, 0) is 37.6 Å². The van der Waals surface area contributed by atoms with Crippen molar-refractivity contribution in [2.24, 2.45) is 0 Å². The Hall–Kier alpha value is -3.35. The fraction of sp³-hybridized carbons (Fsp3) is 0.182. The highest BCUT2D eigenvalue weighted by Crippen LogP contribution is 2.32. The number of carbonyl (C=O) groups is 1. The zero-order valence-corrected chi connectivity index (χ0v) is 15.9. The number of amides is 1. The van der Waals surface area contributed by atoms with E-state index in [1.165, 1.54) is 30.3 Å². The molecule has 29 heavy (non-hydrogen) atoms. The summed E-state index contributed by atoms with van der Waals surface area (Å²) in [6.45, 7) is 3.62. The van der Waals surface area contributed by atoms with Gasteiger partial charge >= 0.3 is 6.18 Å². The lowest BCUT2D eigenvalue weighted by atomic mass is 10.1. The van der Waals surface area contributed by atoms with Crippen molar-refractivity contribution in [2.75, 3.05) is 0 Å². The van der Waals surface area contributed by atoms with Crippen molar-refractivity contribution in [3.8, 4) is 5.69 Å². The van der Waals surface area contributed by atoms with E-state index in [-0.39, 0.29) is 5.56 Å². The van der Waals surface area contributed by atoms with Gasteiger partial charge in [-0.1, -0.05) is 48.5 Å². The normalized spacial score (nSPS) is 12.9. The predicted octanol–water partition coefficient (Wildman–Crippen LogP) is 4.92. The number of nitrogens with one attached hydrogen (secondary N) is 1. The predicted molar refractivity (Wildman–Crippen MR) is 105 cm³/mol. The summed E-state index contributed by atoms with van der Waals surface area (Å²) in [5, 5.41) is 6.50. The van der Waals surface area contributed by atoms with E-state index in [1.807, 2.05) is 42.6 Å². The Labute approximate surface area is 166 Å². The van der Waals surface area contributed by atoms with Crippen LogP contribution in [-0.2, 0) is 4.79 Å². The first kappa shape index (κ1) is 20.4. The van der Waals surface area contributed by atoms with Gasteiger partial charge in [-0.3, -0.25) is 4.79 Å². The van der Waals surface area contributed by atoms with Gasteiger partial charge in [-0.15, -0.1) is 0 Å². The SMILES string of the molecule is Cc1nn(-c2ccccc2)c(C)c1/C=C/C(=O)NC(c1ccccc1)C(F)(F)F. The Bertz CT molecular complexity index is 1010. The molecule has 4 nitrogen and oxygen atoms in total. The molecule has 1 N–H and O–H groups in total. The Balaban J connectivity index is 1.81. The van der Waals surface area contributed by atoms with Crippen LogP contribution in [0.1, 0.15) is 28.6 Å². The molecule has 0 aliphatic rings. The third-order valence-electron chi connectivity index (χ3n) is 4.50. The number of benzene rings is 2. The van der Waals surface area contributed by atoms with Crippen molar-refractivity contribution in [3.05, 3.63) is 89.3 Å². The van der Waals surface area contributed by atoms with E-state index in [1.54, 1.807) is 17.7 Å². The van der Waals surface area contributed by atoms with E-state index < -0.39 is 18.1 Å². The Kier molecular flexibility index (Phi) is 5.87. The number of carbonyl (C=O) groups excluding carboxylic acids is 1. The standard InChI is InChI=1S/C22H20F3N3O/c1-15-19(16(2)28(27-15)18-11-7-4-8-12-18)13-14-20(29)26-21(22(23,24)25)17-9-5-3-6-10-17/h3-14,21H,1-2H3,(H,26,29)/b14-13+. The number of alkyl halides is 3. The van der Waals surface area contributed by atoms with Gasteiger partial charge in [-0.25, -0.2) is 4.68 Å². The minimum Gasteiger partial charge on any atom is -0.337 e. The Morgan fingerprint density at radius 2 is 1.62 bits per heavy atom. The smallest absolute Gasteiger partial charge is 0.337 e. The molecular formula is C22H20F3N3O. The van der Waals surface area contributed by atoms with E-state index in [0.717, 1.165) is 17.5 Å². The molecule has 1 aromatic heterocycles. The van der Waals surface area contributed by atoms with Crippen molar-refractivity contribution in [1.82, 2.24) is 15.1 Å².